The SMILES string of the molecule is C=C(C1=CCC(C)C=N1)N(CCOc1cccc(CC)c1)C1CCC(CC)CC1. The fourth-order valence-electron chi connectivity index (χ4n) is 4.48. The third-order valence-electron chi connectivity index (χ3n) is 6.54. The second-order valence-corrected chi connectivity index (χ2v) is 8.65. The zero-order chi connectivity index (χ0) is 20.6. The smallest absolute Gasteiger partial charge is 0.119 e. The van der Waals surface area contributed by atoms with Crippen molar-refractivity contribution < 1.29 is 4.74 Å². The van der Waals surface area contributed by atoms with Crippen LogP contribution in [-0.4, -0.2) is 30.3 Å². The first-order valence-electron chi connectivity index (χ1n) is 11.5. The minimum absolute atomic E-state index is 0.522. The summed E-state index contributed by atoms with van der Waals surface area (Å²) >= 11 is 0. The van der Waals surface area contributed by atoms with Crippen LogP contribution in [0, 0.1) is 11.8 Å². The highest BCUT2D eigenvalue weighted by atomic mass is 16.5. The molecule has 29 heavy (non-hydrogen) atoms. The largest absolute Gasteiger partial charge is 0.492 e. The van der Waals surface area contributed by atoms with E-state index < -0.39 is 0 Å². The van der Waals surface area contributed by atoms with Crippen molar-refractivity contribution in [2.75, 3.05) is 13.2 Å². The van der Waals surface area contributed by atoms with E-state index in [-0.39, 0.29) is 0 Å². The Balaban J connectivity index is 1.65. The second kappa shape index (κ2) is 10.7. The van der Waals surface area contributed by atoms with Crippen LogP contribution in [0.4, 0.5) is 0 Å². The molecule has 1 saturated carbocycles. The van der Waals surface area contributed by atoms with Crippen LogP contribution < -0.4 is 4.74 Å². The summed E-state index contributed by atoms with van der Waals surface area (Å²) in [7, 11) is 0. The summed E-state index contributed by atoms with van der Waals surface area (Å²) in [5.41, 5.74) is 3.44. The lowest BCUT2D eigenvalue weighted by Gasteiger charge is -2.39. The van der Waals surface area contributed by atoms with E-state index in [9.17, 15) is 0 Å². The quantitative estimate of drug-likeness (QED) is 0.483. The first-order valence-corrected chi connectivity index (χ1v) is 11.5. The molecule has 1 atom stereocenters. The number of aryl methyl sites for hydroxylation is 1. The van der Waals surface area contributed by atoms with Crippen molar-refractivity contribution in [2.45, 2.75) is 71.8 Å². The molecule has 0 N–H and O–H groups in total. The van der Waals surface area contributed by atoms with Crippen molar-refractivity contribution in [3.8, 4) is 5.75 Å². The van der Waals surface area contributed by atoms with Crippen molar-refractivity contribution in [2.24, 2.45) is 16.8 Å². The van der Waals surface area contributed by atoms with Crippen molar-refractivity contribution in [3.05, 3.63) is 53.9 Å². The van der Waals surface area contributed by atoms with E-state index in [0.29, 0.717) is 18.6 Å². The number of benzene rings is 1. The molecule has 0 aromatic heterocycles. The predicted molar refractivity (Wildman–Crippen MR) is 124 cm³/mol. The maximum absolute atomic E-state index is 6.13. The molecule has 0 saturated heterocycles. The minimum Gasteiger partial charge on any atom is -0.492 e. The average Bonchev–Trinajstić information content (AvgIpc) is 2.77. The summed E-state index contributed by atoms with van der Waals surface area (Å²) < 4.78 is 6.13. The Kier molecular flexibility index (Phi) is 7.97. The van der Waals surface area contributed by atoms with Crippen LogP contribution in [0.2, 0.25) is 0 Å². The van der Waals surface area contributed by atoms with E-state index >= 15 is 0 Å². The molecule has 1 aromatic carbocycles. The lowest BCUT2D eigenvalue weighted by Crippen LogP contribution is -2.40. The number of hydrogen-bond acceptors (Lipinski definition) is 3. The Bertz CT molecular complexity index is 728. The summed E-state index contributed by atoms with van der Waals surface area (Å²) in [4.78, 5) is 7.18. The zero-order valence-electron chi connectivity index (χ0n) is 18.6. The number of allylic oxidation sites excluding steroid dienone is 1. The molecule has 1 aliphatic carbocycles. The number of rotatable bonds is 9. The van der Waals surface area contributed by atoms with Crippen LogP contribution in [0.1, 0.15) is 64.9 Å². The van der Waals surface area contributed by atoms with Gasteiger partial charge in [-0.1, -0.05) is 52.0 Å². The van der Waals surface area contributed by atoms with Crippen molar-refractivity contribution in [1.82, 2.24) is 4.90 Å². The Hall–Kier alpha value is -2.03. The van der Waals surface area contributed by atoms with Crippen LogP contribution in [0.3, 0.4) is 0 Å². The van der Waals surface area contributed by atoms with E-state index in [1.807, 2.05) is 0 Å². The zero-order valence-corrected chi connectivity index (χ0v) is 18.6. The van der Waals surface area contributed by atoms with Gasteiger partial charge in [-0.05, 0) is 68.1 Å². The maximum Gasteiger partial charge on any atom is 0.119 e. The summed E-state index contributed by atoms with van der Waals surface area (Å²) in [6.45, 7) is 12.7. The van der Waals surface area contributed by atoms with E-state index in [1.54, 1.807) is 0 Å². The number of aliphatic imine (C=N–C) groups is 1. The lowest BCUT2D eigenvalue weighted by molar-refractivity contribution is 0.150. The van der Waals surface area contributed by atoms with E-state index in [1.165, 1.54) is 37.7 Å². The summed E-state index contributed by atoms with van der Waals surface area (Å²) in [5, 5.41) is 0. The molecule has 1 unspecified atom stereocenters. The Morgan fingerprint density at radius 1 is 1.21 bits per heavy atom. The highest BCUT2D eigenvalue weighted by Gasteiger charge is 2.27. The van der Waals surface area contributed by atoms with Gasteiger partial charge in [-0.25, -0.2) is 0 Å². The average molecular weight is 395 g/mol. The molecule has 0 amide bonds. The first-order chi connectivity index (χ1) is 14.1. The van der Waals surface area contributed by atoms with Gasteiger partial charge in [0.2, 0.25) is 0 Å². The maximum atomic E-state index is 6.13. The van der Waals surface area contributed by atoms with Crippen molar-refractivity contribution in [3.63, 3.8) is 0 Å². The predicted octanol–water partition coefficient (Wildman–Crippen LogP) is 6.41. The minimum atomic E-state index is 0.522. The van der Waals surface area contributed by atoms with Crippen molar-refractivity contribution in [1.29, 1.82) is 0 Å². The molecule has 1 aromatic rings. The fraction of sp³-hybridized carbons (Fsp3) is 0.577. The molecule has 1 aliphatic heterocycles. The van der Waals surface area contributed by atoms with E-state index in [2.05, 4.69) is 68.8 Å². The standard InChI is InChI=1S/C26H38N2O/c1-5-22-11-13-24(14-12-22)28(21(4)26-15-10-20(3)19-27-26)16-17-29-25-9-7-8-23(6-2)18-25/h7-9,15,18-20,22,24H,4-6,10-14,16-17H2,1-3H3. The van der Waals surface area contributed by atoms with Gasteiger partial charge in [-0.2, -0.15) is 0 Å². The molecule has 3 heteroatoms. The number of nitrogens with zero attached hydrogens (tertiary/aromatic N) is 2. The normalized spacial score (nSPS) is 24.1. The number of ether oxygens (including phenoxy) is 1. The van der Waals surface area contributed by atoms with Gasteiger partial charge in [-0.15, -0.1) is 0 Å². The molecule has 0 radical (unpaired) electrons. The van der Waals surface area contributed by atoms with Gasteiger partial charge in [0.25, 0.3) is 0 Å². The van der Waals surface area contributed by atoms with Crippen molar-refractivity contribution >= 4 is 6.21 Å². The summed E-state index contributed by atoms with van der Waals surface area (Å²) in [6, 6.07) is 8.99. The van der Waals surface area contributed by atoms with Crippen LogP contribution in [0.5, 0.6) is 5.75 Å². The van der Waals surface area contributed by atoms with Gasteiger partial charge in [-0.3, -0.25) is 4.99 Å². The molecule has 2 aliphatic rings. The summed E-state index contributed by atoms with van der Waals surface area (Å²) in [5.74, 6) is 2.38. The second-order valence-electron chi connectivity index (χ2n) is 8.65. The molecular weight excluding hydrogens is 356 g/mol. The molecule has 1 heterocycles. The summed E-state index contributed by atoms with van der Waals surface area (Å²) in [6.07, 6.45) is 12.8. The third-order valence-corrected chi connectivity index (χ3v) is 6.54. The van der Waals surface area contributed by atoms with Gasteiger partial charge in [0.05, 0.1) is 17.9 Å². The lowest BCUT2D eigenvalue weighted by atomic mass is 9.83. The van der Waals surface area contributed by atoms with Gasteiger partial charge in [0.15, 0.2) is 0 Å². The monoisotopic (exact) mass is 394 g/mol. The molecule has 3 rings (SSSR count). The van der Waals surface area contributed by atoms with E-state index in [4.69, 9.17) is 9.73 Å². The molecular formula is C26H38N2O. The van der Waals surface area contributed by atoms with Gasteiger partial charge in [0, 0.05) is 12.3 Å². The molecule has 3 nitrogen and oxygen atoms in total. The highest BCUT2D eigenvalue weighted by molar-refractivity contribution is 5.65. The van der Waals surface area contributed by atoms with E-state index in [0.717, 1.165) is 42.4 Å². The Morgan fingerprint density at radius 2 is 2.00 bits per heavy atom. The Labute approximate surface area is 177 Å². The van der Waals surface area contributed by atoms with Gasteiger partial charge in [0.1, 0.15) is 12.4 Å². The molecule has 158 valence electrons. The topological polar surface area (TPSA) is 24.8 Å². The Morgan fingerprint density at radius 3 is 2.66 bits per heavy atom. The molecule has 1 fully saturated rings. The molecule has 0 spiro atoms. The van der Waals surface area contributed by atoms with Crippen LogP contribution in [-0.2, 0) is 6.42 Å². The van der Waals surface area contributed by atoms with Crippen LogP contribution >= 0.6 is 0 Å². The number of hydrogen-bond donors (Lipinski definition) is 0. The van der Waals surface area contributed by atoms with Crippen LogP contribution in [0.25, 0.3) is 0 Å². The first kappa shape index (κ1) is 21.7. The van der Waals surface area contributed by atoms with Gasteiger partial charge < -0.3 is 9.64 Å². The highest BCUT2D eigenvalue weighted by Crippen LogP contribution is 2.33. The third kappa shape index (κ3) is 5.98. The van der Waals surface area contributed by atoms with Gasteiger partial charge >= 0.3 is 0 Å². The van der Waals surface area contributed by atoms with Crippen LogP contribution in [0.15, 0.2) is 53.3 Å². The molecule has 0 bridgehead atoms. The fourth-order valence-corrected chi connectivity index (χ4v) is 4.48.